The van der Waals surface area contributed by atoms with Crippen LogP contribution in [-0.4, -0.2) is 41.9 Å². The van der Waals surface area contributed by atoms with Gasteiger partial charge in [0.25, 0.3) is 5.56 Å². The lowest BCUT2D eigenvalue weighted by molar-refractivity contribution is -0.145. The van der Waals surface area contributed by atoms with Crippen LogP contribution in [0.15, 0.2) is 15.8 Å². The summed E-state index contributed by atoms with van der Waals surface area (Å²) in [7, 11) is 1.49. The summed E-state index contributed by atoms with van der Waals surface area (Å²) in [5, 5.41) is 0. The molecular weight excluding hydrogens is 326 g/mol. The molecule has 1 atom stereocenters. The number of nitrogens with zero attached hydrogens (tertiary/aromatic N) is 1. The zero-order valence-corrected chi connectivity index (χ0v) is 16.3. The molecular formula is C17H33N3O5. The van der Waals surface area contributed by atoms with Gasteiger partial charge < -0.3 is 19.8 Å². The maximum Gasteiger partial charge on any atom is 0.328 e. The van der Waals surface area contributed by atoms with Crippen molar-refractivity contribution in [2.24, 2.45) is 5.73 Å². The van der Waals surface area contributed by atoms with Gasteiger partial charge in [-0.25, -0.2) is 4.79 Å². The van der Waals surface area contributed by atoms with Crippen LogP contribution in [0.1, 0.15) is 46.1 Å². The minimum absolute atomic E-state index is 0.0730. The average Bonchev–Trinajstić information content (AvgIpc) is 2.61. The summed E-state index contributed by atoms with van der Waals surface area (Å²) in [5.41, 5.74) is 4.70. The van der Waals surface area contributed by atoms with Crippen LogP contribution in [0.4, 0.5) is 0 Å². The molecule has 1 unspecified atom stereocenters. The zero-order chi connectivity index (χ0) is 19.8. The second kappa shape index (κ2) is 15.6. The third-order valence-corrected chi connectivity index (χ3v) is 2.81. The Morgan fingerprint density at radius 1 is 1.32 bits per heavy atom. The first kappa shape index (κ1) is 25.3. The number of nitrogens with one attached hydrogen (secondary N) is 1. The number of nitrogens with two attached hydrogens (primary N) is 1. The highest BCUT2D eigenvalue weighted by Gasteiger charge is 2.11. The number of ether oxygens (including phenoxy) is 2. The Hall–Kier alpha value is -1.93. The maximum atomic E-state index is 11.6. The minimum atomic E-state index is -0.510. The molecule has 0 aliphatic heterocycles. The summed E-state index contributed by atoms with van der Waals surface area (Å²) in [6.07, 6.45) is 2.85. The van der Waals surface area contributed by atoms with Crippen LogP contribution in [-0.2, 0) is 20.8 Å². The first-order valence-electron chi connectivity index (χ1n) is 8.58. The Labute approximate surface area is 149 Å². The standard InChI is InChI=1S/C12H19N3O5.C3H8.C2H6/c1-8-6-15(12(18)14-11(8)17)4-3-9(19-2)7-20-10(16)5-13;1-3-2;1-2/h6,9H,3-5,7,13H2,1-2H3,(H,14,17,18);3H2,1-2H3;1-2H3. The summed E-state index contributed by atoms with van der Waals surface area (Å²) in [5.74, 6) is -0.510. The van der Waals surface area contributed by atoms with Crippen molar-refractivity contribution >= 4 is 5.97 Å². The van der Waals surface area contributed by atoms with Crippen molar-refractivity contribution in [3.05, 3.63) is 32.6 Å². The van der Waals surface area contributed by atoms with E-state index in [-0.39, 0.29) is 19.3 Å². The highest BCUT2D eigenvalue weighted by atomic mass is 16.6. The molecule has 1 aromatic heterocycles. The van der Waals surface area contributed by atoms with Gasteiger partial charge in [0.1, 0.15) is 6.61 Å². The molecule has 0 fully saturated rings. The lowest BCUT2D eigenvalue weighted by atomic mass is 10.2. The molecule has 3 N–H and O–H groups in total. The number of carbonyl (C=O) groups excluding carboxylic acids is 1. The zero-order valence-electron chi connectivity index (χ0n) is 16.3. The molecule has 0 bridgehead atoms. The molecule has 0 saturated heterocycles. The van der Waals surface area contributed by atoms with Gasteiger partial charge in [0.15, 0.2) is 0 Å². The highest BCUT2D eigenvalue weighted by molar-refractivity contribution is 5.71. The number of aryl methyl sites for hydroxylation is 2. The van der Waals surface area contributed by atoms with Crippen molar-refractivity contribution in [2.75, 3.05) is 20.3 Å². The number of esters is 1. The lowest BCUT2D eigenvalue weighted by Gasteiger charge is -2.16. The minimum Gasteiger partial charge on any atom is -0.462 e. The molecule has 0 aromatic carbocycles. The van der Waals surface area contributed by atoms with Crippen LogP contribution in [0.2, 0.25) is 0 Å². The molecule has 0 radical (unpaired) electrons. The van der Waals surface area contributed by atoms with Gasteiger partial charge >= 0.3 is 11.7 Å². The Kier molecular flexibility index (Phi) is 15.8. The van der Waals surface area contributed by atoms with Gasteiger partial charge in [-0.05, 0) is 13.3 Å². The van der Waals surface area contributed by atoms with Crippen LogP contribution in [0.3, 0.4) is 0 Å². The predicted molar refractivity (Wildman–Crippen MR) is 98.8 cm³/mol. The molecule has 1 aromatic rings. The number of aromatic nitrogens is 2. The van der Waals surface area contributed by atoms with E-state index in [0.29, 0.717) is 18.5 Å². The lowest BCUT2D eigenvalue weighted by Crippen LogP contribution is -2.32. The van der Waals surface area contributed by atoms with Crippen molar-refractivity contribution < 1.29 is 14.3 Å². The van der Waals surface area contributed by atoms with E-state index in [1.807, 2.05) is 13.8 Å². The fraction of sp³-hybridized carbons (Fsp3) is 0.706. The highest BCUT2D eigenvalue weighted by Crippen LogP contribution is 2.00. The quantitative estimate of drug-likeness (QED) is 0.707. The topological polar surface area (TPSA) is 116 Å². The van der Waals surface area contributed by atoms with E-state index in [4.69, 9.17) is 15.2 Å². The SMILES string of the molecule is CC.CCC.COC(CCn1cc(C)c(=O)[nH]c1=O)COC(=O)CN. The van der Waals surface area contributed by atoms with E-state index in [2.05, 4.69) is 18.8 Å². The molecule has 0 spiro atoms. The van der Waals surface area contributed by atoms with Gasteiger partial charge in [-0.2, -0.15) is 0 Å². The predicted octanol–water partition coefficient (Wildman–Crippen LogP) is 1.19. The molecule has 25 heavy (non-hydrogen) atoms. The van der Waals surface area contributed by atoms with Crippen molar-refractivity contribution in [2.45, 2.75) is 60.1 Å². The second-order valence-electron chi connectivity index (χ2n) is 5.01. The third-order valence-electron chi connectivity index (χ3n) is 2.81. The van der Waals surface area contributed by atoms with Gasteiger partial charge in [0, 0.05) is 25.4 Å². The Balaban J connectivity index is 0. The van der Waals surface area contributed by atoms with Crippen molar-refractivity contribution in [3.8, 4) is 0 Å². The van der Waals surface area contributed by atoms with Gasteiger partial charge in [-0.15, -0.1) is 0 Å². The number of H-pyrrole nitrogens is 1. The van der Waals surface area contributed by atoms with Crippen molar-refractivity contribution in [1.82, 2.24) is 9.55 Å². The van der Waals surface area contributed by atoms with E-state index in [0.717, 1.165) is 0 Å². The van der Waals surface area contributed by atoms with Crippen LogP contribution in [0, 0.1) is 6.92 Å². The first-order valence-corrected chi connectivity index (χ1v) is 8.58. The molecule has 146 valence electrons. The third kappa shape index (κ3) is 11.3. The normalized spacial score (nSPS) is 10.7. The Morgan fingerprint density at radius 3 is 2.36 bits per heavy atom. The molecule has 0 amide bonds. The van der Waals surface area contributed by atoms with E-state index in [1.54, 1.807) is 6.92 Å². The van der Waals surface area contributed by atoms with Crippen molar-refractivity contribution in [3.63, 3.8) is 0 Å². The maximum absolute atomic E-state index is 11.6. The van der Waals surface area contributed by atoms with Crippen LogP contribution in [0.25, 0.3) is 0 Å². The summed E-state index contributed by atoms with van der Waals surface area (Å²) < 4.78 is 11.4. The van der Waals surface area contributed by atoms with Crippen LogP contribution >= 0.6 is 0 Å². The Morgan fingerprint density at radius 2 is 1.88 bits per heavy atom. The van der Waals surface area contributed by atoms with Gasteiger partial charge in [-0.3, -0.25) is 14.6 Å². The van der Waals surface area contributed by atoms with Gasteiger partial charge in [-0.1, -0.05) is 34.1 Å². The summed E-state index contributed by atoms with van der Waals surface area (Å²) in [6.45, 7) is 10.1. The van der Waals surface area contributed by atoms with E-state index in [1.165, 1.54) is 24.3 Å². The number of hydrogen-bond donors (Lipinski definition) is 2. The number of rotatable bonds is 7. The number of methoxy groups -OCH3 is 1. The molecule has 0 aliphatic carbocycles. The second-order valence-corrected chi connectivity index (χ2v) is 5.01. The number of hydrogen-bond acceptors (Lipinski definition) is 6. The molecule has 8 heteroatoms. The molecule has 0 aliphatic rings. The molecule has 1 heterocycles. The van der Waals surface area contributed by atoms with E-state index < -0.39 is 17.2 Å². The number of aromatic amines is 1. The summed E-state index contributed by atoms with van der Waals surface area (Å²) in [4.78, 5) is 36.0. The van der Waals surface area contributed by atoms with Gasteiger partial charge in [0.05, 0.1) is 12.6 Å². The smallest absolute Gasteiger partial charge is 0.328 e. The molecule has 0 saturated carbocycles. The molecule has 8 nitrogen and oxygen atoms in total. The van der Waals surface area contributed by atoms with E-state index in [9.17, 15) is 14.4 Å². The average molecular weight is 359 g/mol. The first-order chi connectivity index (χ1) is 11.9. The van der Waals surface area contributed by atoms with Crippen LogP contribution < -0.4 is 17.0 Å². The van der Waals surface area contributed by atoms with E-state index >= 15 is 0 Å². The summed E-state index contributed by atoms with van der Waals surface area (Å²) >= 11 is 0. The number of carbonyl (C=O) groups is 1. The molecule has 1 rings (SSSR count). The fourth-order valence-electron chi connectivity index (χ4n) is 1.58. The van der Waals surface area contributed by atoms with Crippen LogP contribution in [0.5, 0.6) is 0 Å². The van der Waals surface area contributed by atoms with Gasteiger partial charge in [0.2, 0.25) is 0 Å². The summed E-state index contributed by atoms with van der Waals surface area (Å²) in [6, 6.07) is 0. The largest absolute Gasteiger partial charge is 0.462 e. The monoisotopic (exact) mass is 359 g/mol. The Bertz CT molecular complexity index is 580. The van der Waals surface area contributed by atoms with Crippen molar-refractivity contribution in [1.29, 1.82) is 0 Å². The fourth-order valence-corrected chi connectivity index (χ4v) is 1.58.